The van der Waals surface area contributed by atoms with Gasteiger partial charge in [-0.25, -0.2) is 19.3 Å². The maximum Gasteiger partial charge on any atom is 0.293 e. The first-order valence-corrected chi connectivity index (χ1v) is 29.3. The second-order valence-corrected chi connectivity index (χ2v) is 24.9. The Labute approximate surface area is 483 Å². The number of nitrogens with two attached hydrogens (primary N) is 1. The Kier molecular flexibility index (Phi) is 14.7. The molecule has 0 unspecified atom stereocenters. The molecule has 2 aromatic heterocycles. The van der Waals surface area contributed by atoms with Crippen molar-refractivity contribution in [2.24, 2.45) is 22.5 Å². The van der Waals surface area contributed by atoms with E-state index in [9.17, 15) is 19.2 Å². The maximum absolute atomic E-state index is 13.7. The van der Waals surface area contributed by atoms with E-state index in [4.69, 9.17) is 25.9 Å². The van der Waals surface area contributed by atoms with Crippen LogP contribution in [0.5, 0.6) is 0 Å². The SMILES string of the molecule is C.C.Cc1ccc(-n2nc(C(=O)N3C[C@@H](C)C4(CC4)C3)nc2-c2ccc3c(c2)N(C2CCCC2)[C@H](C)C(=O)N3C)cc1.Cc1ccc(-n2nc(C(=O)N3C[C@@H](N)C4(CC4)C3)nc2-c2ccc3c(c2)N(C2CCCC2)[C@H](C)C(=O)N3C)cc1. The number of aromatic nitrogens is 6. The number of likely N-dealkylation sites (tertiary alicyclic amines) is 2. The standard InChI is InChI=1S/C32H38N6O2.C31H37N7O2.2CH4/c1-20-9-12-25(13-10-20)38-29(33-28(34-38)31(40)36-18-21(2)32(19-36)15-16-32)23-11-14-26-27(17-23)37(24-7-5-6-8-24)22(3)30(39)35(26)4;1-19-8-11-23(12-9-19)38-28(33-27(34-38)30(40)36-17-26(32)31(18-36)14-15-31)21-10-13-24-25(16-21)37(22-6-4-5-7-22)20(2)29(39)35(24)3;;/h9-14,17,21-22,24H,5-8,15-16,18-19H2,1-4H3;8-13,16,20,22,26H,4-7,14-15,17-18,32H2,1-3H3;2*1H4/t21-,22-;20-,26-;;/m11../s1. The van der Waals surface area contributed by atoms with Crippen LogP contribution >= 0.6 is 0 Å². The van der Waals surface area contributed by atoms with Gasteiger partial charge in [0.15, 0.2) is 11.6 Å². The van der Waals surface area contributed by atoms with Crippen LogP contribution in [0.1, 0.15) is 145 Å². The molecule has 432 valence electrons. The molecule has 6 aromatic rings. The molecule has 8 aliphatic rings. The number of carbonyl (C=O) groups is 4. The summed E-state index contributed by atoms with van der Waals surface area (Å²) in [7, 11) is 3.71. The second kappa shape index (κ2) is 21.4. The van der Waals surface area contributed by atoms with Crippen LogP contribution in [0.3, 0.4) is 0 Å². The fourth-order valence-corrected chi connectivity index (χ4v) is 14.3. The Morgan fingerprint density at radius 2 is 0.927 bits per heavy atom. The molecule has 4 amide bonds. The van der Waals surface area contributed by atoms with Crippen molar-refractivity contribution in [3.05, 3.63) is 108 Å². The van der Waals surface area contributed by atoms with E-state index >= 15 is 0 Å². The van der Waals surface area contributed by atoms with Crippen LogP contribution in [0.25, 0.3) is 34.2 Å². The minimum absolute atomic E-state index is 0. The van der Waals surface area contributed by atoms with Crippen LogP contribution in [0, 0.1) is 30.6 Å². The Hall–Kier alpha value is -7.40. The molecule has 6 heterocycles. The van der Waals surface area contributed by atoms with E-state index in [2.05, 4.69) is 47.9 Å². The monoisotopic (exact) mass is 1110 g/mol. The molecular formula is C65H83N13O4. The highest BCUT2D eigenvalue weighted by Crippen LogP contribution is 2.56. The van der Waals surface area contributed by atoms with Crippen molar-refractivity contribution in [1.29, 1.82) is 0 Å². The van der Waals surface area contributed by atoms with Gasteiger partial charge in [-0.1, -0.05) is 82.9 Å². The molecule has 2 saturated heterocycles. The Balaban J connectivity index is 0.000000168. The fourth-order valence-electron chi connectivity index (χ4n) is 14.3. The number of nitrogens with zero attached hydrogens (tertiary/aromatic N) is 12. The summed E-state index contributed by atoms with van der Waals surface area (Å²) in [4.78, 5) is 75.4. The first-order chi connectivity index (χ1) is 38.5. The van der Waals surface area contributed by atoms with Crippen molar-refractivity contribution in [1.82, 2.24) is 39.3 Å². The van der Waals surface area contributed by atoms with Gasteiger partial charge in [0.2, 0.25) is 23.5 Å². The summed E-state index contributed by atoms with van der Waals surface area (Å²) >= 11 is 0. The molecule has 0 bridgehead atoms. The summed E-state index contributed by atoms with van der Waals surface area (Å²) in [6, 6.07) is 28.8. The van der Waals surface area contributed by atoms with Crippen molar-refractivity contribution in [3.8, 4) is 34.2 Å². The van der Waals surface area contributed by atoms with E-state index in [0.717, 1.165) is 108 Å². The number of benzene rings is 4. The molecule has 82 heavy (non-hydrogen) atoms. The van der Waals surface area contributed by atoms with E-state index in [1.54, 1.807) is 14.5 Å². The third kappa shape index (κ3) is 9.63. The molecule has 4 aliphatic carbocycles. The molecule has 2 N–H and O–H groups in total. The first-order valence-electron chi connectivity index (χ1n) is 29.3. The molecule has 14 rings (SSSR count). The lowest BCUT2D eigenvalue weighted by atomic mass is 9.95. The van der Waals surface area contributed by atoms with Crippen LogP contribution < -0.4 is 25.3 Å². The second-order valence-electron chi connectivity index (χ2n) is 24.9. The van der Waals surface area contributed by atoms with Gasteiger partial charge in [0.25, 0.3) is 11.8 Å². The zero-order chi connectivity index (χ0) is 55.5. The molecule has 4 aliphatic heterocycles. The molecule has 4 saturated carbocycles. The minimum atomic E-state index is -0.239. The number of fused-ring (bicyclic) bond motifs is 2. The van der Waals surface area contributed by atoms with Gasteiger partial charge < -0.3 is 35.1 Å². The quantitative estimate of drug-likeness (QED) is 0.154. The number of likely N-dealkylation sites (N-methyl/N-ethyl adjacent to an activating group) is 2. The van der Waals surface area contributed by atoms with Crippen molar-refractivity contribution in [3.63, 3.8) is 0 Å². The normalized spacial score (nSPS) is 23.2. The summed E-state index contributed by atoms with van der Waals surface area (Å²) < 4.78 is 3.58. The first kappa shape index (κ1) is 56.5. The number of hydrogen-bond donors (Lipinski definition) is 1. The zero-order valence-electron chi connectivity index (χ0n) is 47.4. The minimum Gasteiger partial charge on any atom is -0.355 e. The van der Waals surface area contributed by atoms with E-state index in [1.165, 1.54) is 38.5 Å². The largest absolute Gasteiger partial charge is 0.355 e. The number of rotatable bonds is 8. The average molecular weight is 1110 g/mol. The van der Waals surface area contributed by atoms with Gasteiger partial charge in [-0.2, -0.15) is 0 Å². The van der Waals surface area contributed by atoms with Crippen LogP contribution in [-0.2, 0) is 9.59 Å². The highest BCUT2D eigenvalue weighted by Gasteiger charge is 2.56. The Bertz CT molecular complexity index is 3200. The van der Waals surface area contributed by atoms with Gasteiger partial charge in [0.1, 0.15) is 12.1 Å². The summed E-state index contributed by atoms with van der Waals surface area (Å²) in [5, 5.41) is 9.58. The molecule has 0 radical (unpaired) electrons. The third-order valence-electron chi connectivity index (χ3n) is 19.7. The molecule has 6 fully saturated rings. The predicted octanol–water partition coefficient (Wildman–Crippen LogP) is 10.4. The Morgan fingerprint density at radius 3 is 1.30 bits per heavy atom. The molecule has 4 aromatic carbocycles. The molecule has 17 heteroatoms. The lowest BCUT2D eigenvalue weighted by Crippen LogP contribution is -2.54. The summed E-state index contributed by atoms with van der Waals surface area (Å²) in [6.45, 7) is 13.2. The number of hydrogen-bond acceptors (Lipinski definition) is 11. The van der Waals surface area contributed by atoms with Gasteiger partial charge in [-0.05, 0) is 151 Å². The third-order valence-corrected chi connectivity index (χ3v) is 19.7. The summed E-state index contributed by atoms with van der Waals surface area (Å²) in [5.41, 5.74) is 16.4. The van der Waals surface area contributed by atoms with E-state index in [0.29, 0.717) is 48.2 Å². The molecule has 4 atom stereocenters. The van der Waals surface area contributed by atoms with Crippen molar-refractivity contribution in [2.75, 3.05) is 59.9 Å². The van der Waals surface area contributed by atoms with Gasteiger partial charge in [-0.15, -0.1) is 10.2 Å². The van der Waals surface area contributed by atoms with Crippen LogP contribution in [0.2, 0.25) is 0 Å². The fraction of sp³-hybridized carbons (Fsp3) is 0.508. The van der Waals surface area contributed by atoms with Gasteiger partial charge >= 0.3 is 0 Å². The maximum atomic E-state index is 13.7. The van der Waals surface area contributed by atoms with Crippen molar-refractivity contribution in [2.45, 2.75) is 157 Å². The smallest absolute Gasteiger partial charge is 0.293 e. The number of aryl methyl sites for hydroxylation is 2. The number of carbonyl (C=O) groups excluding carboxylic acids is 4. The zero-order valence-corrected chi connectivity index (χ0v) is 47.4. The van der Waals surface area contributed by atoms with Crippen molar-refractivity contribution >= 4 is 46.4 Å². The van der Waals surface area contributed by atoms with E-state index in [1.807, 2.05) is 110 Å². The van der Waals surface area contributed by atoms with Gasteiger partial charge in [0, 0.05) is 74.9 Å². The highest BCUT2D eigenvalue weighted by molar-refractivity contribution is 6.07. The topological polar surface area (TPSA) is 175 Å². The van der Waals surface area contributed by atoms with E-state index < -0.39 is 0 Å². The van der Waals surface area contributed by atoms with E-state index in [-0.39, 0.29) is 73.7 Å². The lowest BCUT2D eigenvalue weighted by molar-refractivity contribution is -0.120. The lowest BCUT2D eigenvalue weighted by Gasteiger charge is -2.43. The summed E-state index contributed by atoms with van der Waals surface area (Å²) in [6.07, 6.45) is 13.7. The molecule has 2 spiro atoms. The van der Waals surface area contributed by atoms with Crippen LogP contribution in [-0.4, -0.2) is 133 Å². The number of anilines is 4. The molecular weight excluding hydrogens is 1030 g/mol. The van der Waals surface area contributed by atoms with Gasteiger partial charge in [-0.3, -0.25) is 19.2 Å². The van der Waals surface area contributed by atoms with Crippen molar-refractivity contribution < 1.29 is 19.2 Å². The number of amides is 4. The average Bonchev–Trinajstić information content (AvgIpc) is 3.95. The Morgan fingerprint density at radius 1 is 0.537 bits per heavy atom. The molecule has 17 nitrogen and oxygen atoms in total. The summed E-state index contributed by atoms with van der Waals surface area (Å²) in [5.74, 6) is 2.16. The van der Waals surface area contributed by atoms with Crippen LogP contribution in [0.4, 0.5) is 22.7 Å². The predicted molar refractivity (Wildman–Crippen MR) is 324 cm³/mol. The van der Waals surface area contributed by atoms with Gasteiger partial charge in [0.05, 0.1) is 34.1 Å². The highest BCUT2D eigenvalue weighted by atomic mass is 16.2. The van der Waals surface area contributed by atoms with Crippen LogP contribution in [0.15, 0.2) is 84.9 Å².